The van der Waals surface area contributed by atoms with Crippen LogP contribution in [0, 0.1) is 0 Å². The second-order valence-electron chi connectivity index (χ2n) is 3.75. The fraction of sp³-hybridized carbons (Fsp3) is 0.154. The van der Waals surface area contributed by atoms with E-state index in [1.807, 2.05) is 18.2 Å². The predicted molar refractivity (Wildman–Crippen MR) is 64.6 cm³/mol. The Balaban J connectivity index is 1.88. The number of phenols is 2. The highest BCUT2D eigenvalue weighted by Crippen LogP contribution is 2.24. The first-order valence-corrected chi connectivity index (χ1v) is 5.37. The fourth-order valence-electron chi connectivity index (χ4n) is 1.52. The van der Waals surface area contributed by atoms with Crippen LogP contribution in [0.1, 0.15) is 11.3 Å². The third-order valence-electron chi connectivity index (χ3n) is 2.40. The molecular formula is C13H14N2O2. The molecule has 0 aliphatic heterocycles. The third-order valence-corrected chi connectivity index (χ3v) is 2.40. The Labute approximate surface area is 99.6 Å². The van der Waals surface area contributed by atoms with Crippen molar-refractivity contribution in [2.45, 2.75) is 13.1 Å². The van der Waals surface area contributed by atoms with Gasteiger partial charge in [0.15, 0.2) is 11.5 Å². The number of aromatic hydroxyl groups is 2. The molecule has 0 unspecified atom stereocenters. The highest BCUT2D eigenvalue weighted by Gasteiger charge is 2.00. The zero-order valence-electron chi connectivity index (χ0n) is 9.30. The fourth-order valence-corrected chi connectivity index (χ4v) is 1.52. The van der Waals surface area contributed by atoms with Crippen LogP contribution in [0.25, 0.3) is 0 Å². The van der Waals surface area contributed by atoms with Gasteiger partial charge in [-0.15, -0.1) is 0 Å². The summed E-state index contributed by atoms with van der Waals surface area (Å²) in [6, 6.07) is 10.5. The Hall–Kier alpha value is -2.07. The molecule has 0 saturated carbocycles. The molecule has 0 amide bonds. The van der Waals surface area contributed by atoms with Gasteiger partial charge in [0.2, 0.25) is 0 Å². The van der Waals surface area contributed by atoms with E-state index in [0.717, 1.165) is 11.3 Å². The van der Waals surface area contributed by atoms with Crippen LogP contribution in [0.2, 0.25) is 0 Å². The molecule has 0 atom stereocenters. The van der Waals surface area contributed by atoms with Crippen LogP contribution in [0.3, 0.4) is 0 Å². The lowest BCUT2D eigenvalue weighted by atomic mass is 10.2. The molecule has 2 aromatic rings. The number of hydrogen-bond acceptors (Lipinski definition) is 4. The first kappa shape index (κ1) is 11.4. The van der Waals surface area contributed by atoms with Gasteiger partial charge in [-0.3, -0.25) is 4.98 Å². The van der Waals surface area contributed by atoms with Gasteiger partial charge in [0, 0.05) is 19.3 Å². The zero-order chi connectivity index (χ0) is 12.1. The predicted octanol–water partition coefficient (Wildman–Crippen LogP) is 1.78. The molecule has 4 heteroatoms. The van der Waals surface area contributed by atoms with Crippen molar-refractivity contribution in [1.29, 1.82) is 0 Å². The van der Waals surface area contributed by atoms with Crippen LogP contribution in [0.15, 0.2) is 42.6 Å². The Morgan fingerprint density at radius 2 is 1.88 bits per heavy atom. The van der Waals surface area contributed by atoms with Crippen LogP contribution < -0.4 is 5.32 Å². The summed E-state index contributed by atoms with van der Waals surface area (Å²) in [6.07, 6.45) is 1.75. The summed E-state index contributed by atoms with van der Waals surface area (Å²) in [6.45, 7) is 1.28. The molecule has 0 aliphatic carbocycles. The van der Waals surface area contributed by atoms with E-state index in [1.165, 1.54) is 6.07 Å². The molecule has 0 fully saturated rings. The number of pyridine rings is 1. The molecule has 0 saturated heterocycles. The standard InChI is InChI=1S/C13H14N2O2/c16-12-5-4-10(7-13(12)17)8-14-9-11-3-1-2-6-15-11/h1-7,14,16-17H,8-9H2. The largest absolute Gasteiger partial charge is 0.504 e. The summed E-state index contributed by atoms with van der Waals surface area (Å²) in [5, 5.41) is 21.7. The highest BCUT2D eigenvalue weighted by atomic mass is 16.3. The van der Waals surface area contributed by atoms with Crippen molar-refractivity contribution in [3.05, 3.63) is 53.9 Å². The van der Waals surface area contributed by atoms with Gasteiger partial charge in [-0.1, -0.05) is 12.1 Å². The molecular weight excluding hydrogens is 216 g/mol. The molecule has 0 radical (unpaired) electrons. The Morgan fingerprint density at radius 3 is 2.59 bits per heavy atom. The molecule has 0 spiro atoms. The maximum Gasteiger partial charge on any atom is 0.157 e. The lowest BCUT2D eigenvalue weighted by Gasteiger charge is -2.05. The molecule has 2 rings (SSSR count). The van der Waals surface area contributed by atoms with Crippen molar-refractivity contribution in [3.63, 3.8) is 0 Å². The van der Waals surface area contributed by atoms with E-state index in [2.05, 4.69) is 10.3 Å². The van der Waals surface area contributed by atoms with Crippen molar-refractivity contribution >= 4 is 0 Å². The van der Waals surface area contributed by atoms with Crippen molar-refractivity contribution in [2.24, 2.45) is 0 Å². The second-order valence-corrected chi connectivity index (χ2v) is 3.75. The van der Waals surface area contributed by atoms with Gasteiger partial charge >= 0.3 is 0 Å². The second kappa shape index (κ2) is 5.32. The van der Waals surface area contributed by atoms with Crippen LogP contribution in [-0.4, -0.2) is 15.2 Å². The lowest BCUT2D eigenvalue weighted by Crippen LogP contribution is -2.13. The Morgan fingerprint density at radius 1 is 1.00 bits per heavy atom. The smallest absolute Gasteiger partial charge is 0.157 e. The maximum absolute atomic E-state index is 9.33. The van der Waals surface area contributed by atoms with E-state index in [4.69, 9.17) is 5.11 Å². The average Bonchev–Trinajstić information content (AvgIpc) is 2.35. The maximum atomic E-state index is 9.33. The minimum absolute atomic E-state index is 0.0952. The van der Waals surface area contributed by atoms with Crippen molar-refractivity contribution in [3.8, 4) is 11.5 Å². The van der Waals surface area contributed by atoms with Crippen LogP contribution in [0.4, 0.5) is 0 Å². The van der Waals surface area contributed by atoms with Gasteiger partial charge in [-0.05, 0) is 29.8 Å². The normalized spacial score (nSPS) is 10.4. The van der Waals surface area contributed by atoms with Gasteiger partial charge < -0.3 is 15.5 Å². The zero-order valence-corrected chi connectivity index (χ0v) is 9.30. The van der Waals surface area contributed by atoms with Gasteiger partial charge in [-0.2, -0.15) is 0 Å². The quantitative estimate of drug-likeness (QED) is 0.700. The Kier molecular flexibility index (Phi) is 3.57. The lowest BCUT2D eigenvalue weighted by molar-refractivity contribution is 0.403. The Bertz CT molecular complexity index is 486. The highest BCUT2D eigenvalue weighted by molar-refractivity contribution is 5.40. The summed E-state index contributed by atoms with van der Waals surface area (Å²) in [4.78, 5) is 4.19. The number of aromatic nitrogens is 1. The number of hydrogen-bond donors (Lipinski definition) is 3. The monoisotopic (exact) mass is 230 g/mol. The molecule has 0 bridgehead atoms. The summed E-state index contributed by atoms with van der Waals surface area (Å²) < 4.78 is 0. The SMILES string of the molecule is Oc1ccc(CNCc2ccccn2)cc1O. The number of nitrogens with one attached hydrogen (secondary N) is 1. The van der Waals surface area contributed by atoms with Crippen molar-refractivity contribution in [1.82, 2.24) is 10.3 Å². The molecule has 1 heterocycles. The van der Waals surface area contributed by atoms with Gasteiger partial charge in [-0.25, -0.2) is 0 Å². The topological polar surface area (TPSA) is 65.4 Å². The molecule has 1 aromatic heterocycles. The molecule has 0 aliphatic rings. The van der Waals surface area contributed by atoms with E-state index >= 15 is 0 Å². The van der Waals surface area contributed by atoms with Crippen LogP contribution in [-0.2, 0) is 13.1 Å². The number of rotatable bonds is 4. The van der Waals surface area contributed by atoms with Crippen molar-refractivity contribution < 1.29 is 10.2 Å². The third kappa shape index (κ3) is 3.19. The van der Waals surface area contributed by atoms with Crippen molar-refractivity contribution in [2.75, 3.05) is 0 Å². The van der Waals surface area contributed by atoms with E-state index in [1.54, 1.807) is 18.3 Å². The molecule has 88 valence electrons. The van der Waals surface area contributed by atoms with E-state index in [0.29, 0.717) is 13.1 Å². The van der Waals surface area contributed by atoms with Gasteiger partial charge in [0.1, 0.15) is 0 Å². The number of phenolic OH excluding ortho intramolecular Hbond substituents is 2. The van der Waals surface area contributed by atoms with Crippen LogP contribution in [0.5, 0.6) is 11.5 Å². The van der Waals surface area contributed by atoms with Gasteiger partial charge in [0.25, 0.3) is 0 Å². The summed E-state index contributed by atoms with van der Waals surface area (Å²) >= 11 is 0. The number of benzene rings is 1. The van der Waals surface area contributed by atoms with Crippen LogP contribution >= 0.6 is 0 Å². The summed E-state index contributed by atoms with van der Waals surface area (Å²) in [7, 11) is 0. The molecule has 3 N–H and O–H groups in total. The molecule has 17 heavy (non-hydrogen) atoms. The van der Waals surface area contributed by atoms with E-state index in [-0.39, 0.29) is 11.5 Å². The van der Waals surface area contributed by atoms with E-state index < -0.39 is 0 Å². The first-order valence-electron chi connectivity index (χ1n) is 5.37. The van der Waals surface area contributed by atoms with E-state index in [9.17, 15) is 5.11 Å². The molecule has 1 aromatic carbocycles. The summed E-state index contributed by atoms with van der Waals surface area (Å²) in [5.41, 5.74) is 1.88. The minimum Gasteiger partial charge on any atom is -0.504 e. The number of nitrogens with zero attached hydrogens (tertiary/aromatic N) is 1. The summed E-state index contributed by atoms with van der Waals surface area (Å²) in [5.74, 6) is -0.194. The van der Waals surface area contributed by atoms with Gasteiger partial charge in [0.05, 0.1) is 5.69 Å². The first-order chi connectivity index (χ1) is 8.25. The average molecular weight is 230 g/mol. The molecule has 4 nitrogen and oxygen atoms in total. The minimum atomic E-state index is -0.0986.